The molecule has 4 aromatic rings. The van der Waals surface area contributed by atoms with Crippen LogP contribution in [0, 0.1) is 6.92 Å². The van der Waals surface area contributed by atoms with Crippen LogP contribution in [0.1, 0.15) is 24.0 Å². The fourth-order valence-corrected chi connectivity index (χ4v) is 7.04. The Hall–Kier alpha value is -3.27. The molecule has 36 heavy (non-hydrogen) atoms. The number of benzene rings is 3. The van der Waals surface area contributed by atoms with E-state index in [-0.39, 0.29) is 10.8 Å². The number of thiazole rings is 1. The molecule has 2 heterocycles. The fourth-order valence-electron chi connectivity index (χ4n) is 4.44. The number of hydrogen-bond acceptors (Lipinski definition) is 6. The summed E-state index contributed by atoms with van der Waals surface area (Å²) in [5.41, 5.74) is 2.65. The minimum absolute atomic E-state index is 0.203. The maximum absolute atomic E-state index is 14.1. The van der Waals surface area contributed by atoms with Crippen molar-refractivity contribution < 1.29 is 17.9 Å². The Morgan fingerprint density at radius 2 is 1.86 bits per heavy atom. The third-order valence-corrected chi connectivity index (χ3v) is 9.36. The smallest absolute Gasteiger partial charge is 0.247 e. The molecule has 0 bridgehead atoms. The Morgan fingerprint density at radius 1 is 1.11 bits per heavy atom. The number of aromatic nitrogens is 1. The highest BCUT2D eigenvalue weighted by Crippen LogP contribution is 2.34. The van der Waals surface area contributed by atoms with E-state index < -0.39 is 16.1 Å². The van der Waals surface area contributed by atoms with Crippen molar-refractivity contribution in [2.24, 2.45) is 0 Å². The summed E-state index contributed by atoms with van der Waals surface area (Å²) in [5, 5.41) is 0.534. The number of ether oxygens (including phenoxy) is 1. The second-order valence-corrected chi connectivity index (χ2v) is 11.7. The largest absolute Gasteiger partial charge is 0.497 e. The Kier molecular flexibility index (Phi) is 6.79. The Morgan fingerprint density at radius 3 is 2.58 bits per heavy atom. The monoisotopic (exact) mass is 521 g/mol. The molecule has 1 aromatic heterocycles. The van der Waals surface area contributed by atoms with Crippen LogP contribution in [0.15, 0.2) is 77.7 Å². The maximum Gasteiger partial charge on any atom is 0.247 e. The van der Waals surface area contributed by atoms with E-state index in [1.807, 2.05) is 55.5 Å². The summed E-state index contributed by atoms with van der Waals surface area (Å²) >= 11 is 1.41. The normalized spacial score (nSPS) is 16.3. The van der Waals surface area contributed by atoms with Gasteiger partial charge in [-0.1, -0.05) is 59.4 Å². The number of nitrogens with zero attached hydrogens (tertiary/aromatic N) is 3. The highest BCUT2D eigenvalue weighted by atomic mass is 32.2. The molecule has 7 nitrogen and oxygen atoms in total. The van der Waals surface area contributed by atoms with Crippen LogP contribution in [-0.2, 0) is 21.4 Å². The van der Waals surface area contributed by atoms with Gasteiger partial charge in [0.05, 0.1) is 28.8 Å². The minimum Gasteiger partial charge on any atom is -0.497 e. The molecule has 5 rings (SSSR count). The van der Waals surface area contributed by atoms with E-state index in [4.69, 9.17) is 9.72 Å². The number of hydrogen-bond donors (Lipinski definition) is 0. The predicted octanol–water partition coefficient (Wildman–Crippen LogP) is 5.00. The number of carbonyl (C=O) groups excluding carboxylic acids is 1. The summed E-state index contributed by atoms with van der Waals surface area (Å²) < 4.78 is 34.6. The number of sulfonamides is 1. The number of fused-ring (bicyclic) bond motifs is 1. The number of rotatable bonds is 7. The average Bonchev–Trinajstić information content (AvgIpc) is 3.55. The molecule has 186 valence electrons. The zero-order valence-corrected chi connectivity index (χ0v) is 21.8. The summed E-state index contributed by atoms with van der Waals surface area (Å²) in [7, 11) is -2.22. The quantitative estimate of drug-likeness (QED) is 0.342. The minimum atomic E-state index is -3.82. The first kappa shape index (κ1) is 24.4. The molecule has 0 spiro atoms. The Bertz CT molecular complexity index is 1480. The van der Waals surface area contributed by atoms with Gasteiger partial charge in [0.2, 0.25) is 15.9 Å². The third-order valence-electron chi connectivity index (χ3n) is 6.38. The van der Waals surface area contributed by atoms with Crippen LogP contribution in [0.25, 0.3) is 10.2 Å². The van der Waals surface area contributed by atoms with Crippen LogP contribution in [0.2, 0.25) is 0 Å². The number of anilines is 1. The van der Waals surface area contributed by atoms with E-state index in [9.17, 15) is 13.2 Å². The first-order valence-electron chi connectivity index (χ1n) is 11.8. The van der Waals surface area contributed by atoms with E-state index in [1.54, 1.807) is 36.3 Å². The van der Waals surface area contributed by atoms with Gasteiger partial charge >= 0.3 is 0 Å². The highest BCUT2D eigenvalue weighted by molar-refractivity contribution is 7.89. The Labute approximate surface area is 215 Å². The van der Waals surface area contributed by atoms with Crippen molar-refractivity contribution in [3.05, 3.63) is 83.9 Å². The highest BCUT2D eigenvalue weighted by Gasteiger charge is 2.42. The zero-order chi connectivity index (χ0) is 25.3. The molecule has 0 saturated carbocycles. The molecule has 1 amide bonds. The molecule has 1 fully saturated rings. The fraction of sp³-hybridized carbons (Fsp3) is 0.259. The molecule has 0 radical (unpaired) electrons. The molecule has 1 atom stereocenters. The van der Waals surface area contributed by atoms with Crippen LogP contribution < -0.4 is 9.64 Å². The topological polar surface area (TPSA) is 79.8 Å². The third kappa shape index (κ3) is 4.74. The lowest BCUT2D eigenvalue weighted by atomic mass is 10.1. The maximum atomic E-state index is 14.1. The molecule has 3 aromatic carbocycles. The molecule has 0 aliphatic carbocycles. The van der Waals surface area contributed by atoms with Crippen molar-refractivity contribution in [2.75, 3.05) is 18.6 Å². The zero-order valence-electron chi connectivity index (χ0n) is 20.1. The SMILES string of the molecule is COc1ccc2sc(N(Cc3ccccc3)C(=O)C3CCCN3S(=O)(=O)c3ccc(C)cc3)nc2c1. The van der Waals surface area contributed by atoms with E-state index in [0.29, 0.717) is 36.8 Å². The number of aryl methyl sites for hydroxylation is 1. The van der Waals surface area contributed by atoms with Crippen LogP contribution in [0.5, 0.6) is 5.75 Å². The number of carbonyl (C=O) groups is 1. The lowest BCUT2D eigenvalue weighted by Gasteiger charge is -2.28. The van der Waals surface area contributed by atoms with Crippen molar-refractivity contribution in [1.29, 1.82) is 0 Å². The van der Waals surface area contributed by atoms with Gasteiger partial charge in [0, 0.05) is 12.6 Å². The van der Waals surface area contributed by atoms with Crippen molar-refractivity contribution in [1.82, 2.24) is 9.29 Å². The molecule has 1 unspecified atom stereocenters. The average molecular weight is 522 g/mol. The van der Waals surface area contributed by atoms with Crippen molar-refractivity contribution in [3.63, 3.8) is 0 Å². The van der Waals surface area contributed by atoms with Gasteiger partial charge in [-0.2, -0.15) is 4.31 Å². The summed E-state index contributed by atoms with van der Waals surface area (Å²) in [5.74, 6) is 0.421. The van der Waals surface area contributed by atoms with Gasteiger partial charge in [-0.15, -0.1) is 0 Å². The van der Waals surface area contributed by atoms with E-state index in [0.717, 1.165) is 21.3 Å². The molecule has 1 aliphatic rings. The van der Waals surface area contributed by atoms with E-state index in [1.165, 1.54) is 15.6 Å². The first-order valence-corrected chi connectivity index (χ1v) is 14.0. The van der Waals surface area contributed by atoms with Crippen LogP contribution in [-0.4, -0.2) is 43.3 Å². The predicted molar refractivity (Wildman–Crippen MR) is 142 cm³/mol. The van der Waals surface area contributed by atoms with Gasteiger partial charge < -0.3 is 4.74 Å². The standard InChI is InChI=1S/C27H27N3O4S2/c1-19-10-13-22(14-11-19)36(32,33)30-16-6-9-24(30)26(31)29(18-20-7-4-3-5-8-20)27-28-23-17-21(34-2)12-15-25(23)35-27/h3-5,7-8,10-15,17,24H,6,9,16,18H2,1-2H3. The van der Waals surface area contributed by atoms with E-state index in [2.05, 4.69) is 0 Å². The molecule has 1 saturated heterocycles. The summed E-state index contributed by atoms with van der Waals surface area (Å²) in [6, 6.07) is 21.3. The van der Waals surface area contributed by atoms with Gasteiger partial charge in [-0.3, -0.25) is 9.69 Å². The molecular formula is C27H27N3O4S2. The number of amides is 1. The van der Waals surface area contributed by atoms with Gasteiger partial charge in [-0.05, 0) is 49.6 Å². The number of methoxy groups -OCH3 is 1. The second-order valence-electron chi connectivity index (χ2n) is 8.83. The lowest BCUT2D eigenvalue weighted by molar-refractivity contribution is -0.121. The van der Waals surface area contributed by atoms with Crippen LogP contribution >= 0.6 is 11.3 Å². The molecule has 9 heteroatoms. The van der Waals surface area contributed by atoms with E-state index >= 15 is 0 Å². The summed E-state index contributed by atoms with van der Waals surface area (Å²) in [6.07, 6.45) is 1.09. The van der Waals surface area contributed by atoms with Gasteiger partial charge in [-0.25, -0.2) is 13.4 Å². The van der Waals surface area contributed by atoms with Gasteiger partial charge in [0.25, 0.3) is 0 Å². The second kappa shape index (κ2) is 10.0. The summed E-state index contributed by atoms with van der Waals surface area (Å²) in [6.45, 7) is 2.52. The van der Waals surface area contributed by atoms with Crippen LogP contribution in [0.4, 0.5) is 5.13 Å². The van der Waals surface area contributed by atoms with Crippen LogP contribution in [0.3, 0.4) is 0 Å². The summed E-state index contributed by atoms with van der Waals surface area (Å²) in [4.78, 5) is 20.6. The van der Waals surface area contributed by atoms with Crippen molar-refractivity contribution in [2.45, 2.75) is 37.2 Å². The Balaban J connectivity index is 1.52. The van der Waals surface area contributed by atoms with Gasteiger partial charge in [0.1, 0.15) is 11.8 Å². The van der Waals surface area contributed by atoms with Gasteiger partial charge in [0.15, 0.2) is 5.13 Å². The van der Waals surface area contributed by atoms with Crippen molar-refractivity contribution in [3.8, 4) is 5.75 Å². The molecule has 1 aliphatic heterocycles. The molecular weight excluding hydrogens is 494 g/mol. The first-order chi connectivity index (χ1) is 17.4. The molecule has 0 N–H and O–H groups in total. The van der Waals surface area contributed by atoms with Crippen molar-refractivity contribution >= 4 is 42.6 Å². The lowest BCUT2D eigenvalue weighted by Crippen LogP contribution is -2.47.